The molecule has 2 aromatic carbocycles. The van der Waals surface area contributed by atoms with Crippen LogP contribution in [0, 0.1) is 5.82 Å². The maximum Gasteiger partial charge on any atom is 0.279 e. The molecular formula is C24H34FN3O2+2. The van der Waals surface area contributed by atoms with Crippen molar-refractivity contribution in [1.82, 2.24) is 0 Å². The third-order valence-corrected chi connectivity index (χ3v) is 6.02. The minimum absolute atomic E-state index is 0.0795. The first kappa shape index (κ1) is 22.2. The number of halogens is 1. The number of methoxy groups -OCH3 is 1. The molecule has 1 aliphatic rings. The van der Waals surface area contributed by atoms with Crippen molar-refractivity contribution in [3.05, 3.63) is 58.9 Å². The highest BCUT2D eigenvalue weighted by Crippen LogP contribution is 2.22. The molecule has 162 valence electrons. The molecule has 1 aliphatic heterocycles. The lowest BCUT2D eigenvalue weighted by Gasteiger charge is -2.29. The molecule has 5 nitrogen and oxygen atoms in total. The third-order valence-electron chi connectivity index (χ3n) is 6.02. The lowest BCUT2D eigenvalue weighted by atomic mass is 10.0. The summed E-state index contributed by atoms with van der Waals surface area (Å²) in [5.41, 5.74) is 4.28. The van der Waals surface area contributed by atoms with Gasteiger partial charge in [-0.1, -0.05) is 32.0 Å². The van der Waals surface area contributed by atoms with E-state index in [0.29, 0.717) is 6.54 Å². The first-order valence-corrected chi connectivity index (χ1v) is 10.9. The van der Waals surface area contributed by atoms with Crippen LogP contribution in [0.1, 0.15) is 30.5 Å². The summed E-state index contributed by atoms with van der Waals surface area (Å²) in [4.78, 5) is 15.4. The average molecular weight is 416 g/mol. The molecule has 2 aromatic rings. The summed E-state index contributed by atoms with van der Waals surface area (Å²) in [7, 11) is 1.62. The molecule has 0 saturated carbocycles. The number of amides is 1. The van der Waals surface area contributed by atoms with E-state index in [0.717, 1.165) is 62.6 Å². The van der Waals surface area contributed by atoms with Crippen molar-refractivity contribution in [2.45, 2.75) is 33.2 Å². The molecule has 0 atom stereocenters. The molecule has 6 heteroatoms. The Bertz CT molecular complexity index is 841. The van der Waals surface area contributed by atoms with Crippen LogP contribution in [0.2, 0.25) is 0 Å². The van der Waals surface area contributed by atoms with Gasteiger partial charge in [0, 0.05) is 5.69 Å². The van der Waals surface area contributed by atoms with Crippen LogP contribution in [-0.4, -0.2) is 45.7 Å². The van der Waals surface area contributed by atoms with Crippen molar-refractivity contribution in [3.63, 3.8) is 0 Å². The van der Waals surface area contributed by atoms with Crippen LogP contribution in [0.4, 0.5) is 10.1 Å². The second kappa shape index (κ2) is 10.5. The molecule has 0 aromatic heterocycles. The highest BCUT2D eigenvalue weighted by molar-refractivity contribution is 5.93. The van der Waals surface area contributed by atoms with Gasteiger partial charge in [0.25, 0.3) is 5.91 Å². The van der Waals surface area contributed by atoms with Crippen LogP contribution in [-0.2, 0) is 24.2 Å². The number of ether oxygens (including phenoxy) is 1. The highest BCUT2D eigenvalue weighted by atomic mass is 19.1. The van der Waals surface area contributed by atoms with Gasteiger partial charge >= 0.3 is 0 Å². The number of hydrogen-bond acceptors (Lipinski definition) is 2. The van der Waals surface area contributed by atoms with E-state index in [1.165, 1.54) is 27.0 Å². The minimum Gasteiger partial charge on any atom is -0.496 e. The molecule has 3 rings (SSSR count). The van der Waals surface area contributed by atoms with Gasteiger partial charge in [-0.15, -0.1) is 0 Å². The first-order valence-electron chi connectivity index (χ1n) is 10.9. The summed E-state index contributed by atoms with van der Waals surface area (Å²) in [5.74, 6) is 0.583. The number of carbonyl (C=O) groups is 1. The number of hydrogen-bond donors (Lipinski definition) is 3. The molecular weight excluding hydrogens is 381 g/mol. The fourth-order valence-electron chi connectivity index (χ4n) is 4.28. The summed E-state index contributed by atoms with van der Waals surface area (Å²) in [6, 6.07) is 10.9. The SMILES string of the molecule is CCc1cccc(CC)c1NC(=O)C[NH+]1CC[NH+](Cc2cc(F)ccc2OC)CC1. The maximum atomic E-state index is 13.6. The van der Waals surface area contributed by atoms with Gasteiger partial charge in [-0.05, 0) is 42.2 Å². The smallest absolute Gasteiger partial charge is 0.279 e. The number of carbonyl (C=O) groups excluding carboxylic acids is 1. The van der Waals surface area contributed by atoms with Crippen molar-refractivity contribution in [3.8, 4) is 5.75 Å². The number of benzene rings is 2. The predicted octanol–water partition coefficient (Wildman–Crippen LogP) is 0.881. The van der Waals surface area contributed by atoms with Crippen LogP contribution in [0.5, 0.6) is 5.75 Å². The number of nitrogens with one attached hydrogen (secondary N) is 3. The van der Waals surface area contributed by atoms with Crippen LogP contribution in [0.3, 0.4) is 0 Å². The van der Waals surface area contributed by atoms with E-state index in [2.05, 4.69) is 37.4 Å². The number of rotatable bonds is 8. The van der Waals surface area contributed by atoms with Gasteiger partial charge in [0.15, 0.2) is 6.54 Å². The molecule has 3 N–H and O–H groups in total. The van der Waals surface area contributed by atoms with E-state index in [1.54, 1.807) is 19.2 Å². The number of piperazine rings is 1. The Morgan fingerprint density at radius 1 is 1.00 bits per heavy atom. The molecule has 0 radical (unpaired) electrons. The zero-order chi connectivity index (χ0) is 21.5. The molecule has 0 unspecified atom stereocenters. The second-order valence-corrected chi connectivity index (χ2v) is 8.02. The molecule has 30 heavy (non-hydrogen) atoms. The van der Waals surface area contributed by atoms with Crippen molar-refractivity contribution in [2.75, 3.05) is 45.2 Å². The van der Waals surface area contributed by atoms with E-state index in [9.17, 15) is 9.18 Å². The summed E-state index contributed by atoms with van der Waals surface area (Å²) in [6.45, 7) is 9.22. The fourth-order valence-corrected chi connectivity index (χ4v) is 4.28. The largest absolute Gasteiger partial charge is 0.496 e. The predicted molar refractivity (Wildman–Crippen MR) is 117 cm³/mol. The Labute approximate surface area is 178 Å². The van der Waals surface area contributed by atoms with Gasteiger partial charge in [0.2, 0.25) is 0 Å². The normalized spacial score (nSPS) is 18.8. The van der Waals surface area contributed by atoms with E-state index in [1.807, 2.05) is 0 Å². The molecule has 1 saturated heterocycles. The van der Waals surface area contributed by atoms with Gasteiger partial charge < -0.3 is 19.9 Å². The lowest BCUT2D eigenvalue weighted by Crippen LogP contribution is -3.28. The van der Waals surface area contributed by atoms with Crippen LogP contribution in [0.25, 0.3) is 0 Å². The maximum absolute atomic E-state index is 13.6. The number of aryl methyl sites for hydroxylation is 2. The van der Waals surface area contributed by atoms with Gasteiger partial charge in [-0.2, -0.15) is 0 Å². The Hall–Kier alpha value is -2.44. The zero-order valence-electron chi connectivity index (χ0n) is 18.3. The van der Waals surface area contributed by atoms with Crippen LogP contribution >= 0.6 is 0 Å². The topological polar surface area (TPSA) is 47.2 Å². The number of anilines is 1. The molecule has 0 aliphatic carbocycles. The fraction of sp³-hybridized carbons (Fsp3) is 0.458. The van der Waals surface area contributed by atoms with Crippen molar-refractivity contribution >= 4 is 11.6 Å². The van der Waals surface area contributed by atoms with Crippen molar-refractivity contribution < 1.29 is 23.7 Å². The summed E-state index contributed by atoms with van der Waals surface area (Å²) < 4.78 is 19.0. The van der Waals surface area contributed by atoms with E-state index < -0.39 is 0 Å². The van der Waals surface area contributed by atoms with Crippen LogP contribution in [0.15, 0.2) is 36.4 Å². The third kappa shape index (κ3) is 5.58. The Balaban J connectivity index is 1.53. The van der Waals surface area contributed by atoms with E-state index in [-0.39, 0.29) is 11.7 Å². The second-order valence-electron chi connectivity index (χ2n) is 8.02. The Morgan fingerprint density at radius 2 is 1.63 bits per heavy atom. The van der Waals surface area contributed by atoms with E-state index in [4.69, 9.17) is 4.74 Å². The number of para-hydroxylation sites is 1. The zero-order valence-corrected chi connectivity index (χ0v) is 18.3. The summed E-state index contributed by atoms with van der Waals surface area (Å²) >= 11 is 0. The monoisotopic (exact) mass is 415 g/mol. The molecule has 1 fully saturated rings. The van der Waals surface area contributed by atoms with Crippen LogP contribution < -0.4 is 19.9 Å². The van der Waals surface area contributed by atoms with Gasteiger partial charge in [0.1, 0.15) is 44.3 Å². The molecule has 0 bridgehead atoms. The summed E-state index contributed by atoms with van der Waals surface area (Å²) in [5, 5.41) is 3.18. The first-order chi connectivity index (χ1) is 14.5. The Morgan fingerprint density at radius 3 is 2.23 bits per heavy atom. The van der Waals surface area contributed by atoms with E-state index >= 15 is 0 Å². The quantitative estimate of drug-likeness (QED) is 0.600. The molecule has 0 spiro atoms. The van der Waals surface area contributed by atoms with Gasteiger partial charge in [-0.25, -0.2) is 4.39 Å². The van der Waals surface area contributed by atoms with Crippen molar-refractivity contribution in [2.24, 2.45) is 0 Å². The van der Waals surface area contributed by atoms with Gasteiger partial charge in [-0.3, -0.25) is 4.79 Å². The highest BCUT2D eigenvalue weighted by Gasteiger charge is 2.26. The molecule has 1 heterocycles. The average Bonchev–Trinajstić information content (AvgIpc) is 2.75. The lowest BCUT2D eigenvalue weighted by molar-refractivity contribution is -1.02. The minimum atomic E-state index is -0.232. The Kier molecular flexibility index (Phi) is 7.82. The summed E-state index contributed by atoms with van der Waals surface area (Å²) in [6.07, 6.45) is 1.81. The molecule has 1 amide bonds. The number of quaternary nitrogens is 2. The van der Waals surface area contributed by atoms with Crippen molar-refractivity contribution in [1.29, 1.82) is 0 Å². The van der Waals surface area contributed by atoms with Gasteiger partial charge in [0.05, 0.1) is 12.7 Å². The standard InChI is InChI=1S/C24H32FN3O2/c1-4-18-7-6-8-19(5-2)24(18)26-23(29)17-28-13-11-27(12-14-28)16-20-15-21(25)9-10-22(20)30-3/h6-10,15H,4-5,11-14,16-17H2,1-3H3,(H,26,29)/p+2.